The highest BCUT2D eigenvalue weighted by atomic mass is 19.4. The van der Waals surface area contributed by atoms with Crippen LogP contribution in [0.4, 0.5) is 13.2 Å². The maximum absolute atomic E-state index is 13.4. The van der Waals surface area contributed by atoms with Gasteiger partial charge in [0.25, 0.3) is 0 Å². The molecule has 1 unspecified atom stereocenters. The minimum absolute atomic E-state index is 0.108. The average Bonchev–Trinajstić information content (AvgIpc) is 2.92. The maximum atomic E-state index is 13.4. The topological polar surface area (TPSA) is 33.1 Å². The zero-order chi connectivity index (χ0) is 14.5. The third kappa shape index (κ3) is 1.78. The standard InChI is InChI=1S/C14H14F3N3/c1-3-8(2)11-12(14(15,16)17)20-10-7-5-4-6-9(10)18-13(20)19-11/h4-8H,3H2,1-2H3,(H,18,19). The van der Waals surface area contributed by atoms with Crippen LogP contribution in [0.15, 0.2) is 24.3 Å². The predicted octanol–water partition coefficient (Wildman–Crippen LogP) is 4.35. The first kappa shape index (κ1) is 13.0. The van der Waals surface area contributed by atoms with Crippen molar-refractivity contribution >= 4 is 16.8 Å². The number of hydrogen-bond acceptors (Lipinski definition) is 1. The van der Waals surface area contributed by atoms with Gasteiger partial charge in [0.1, 0.15) is 0 Å². The summed E-state index contributed by atoms with van der Waals surface area (Å²) < 4.78 is 41.5. The molecule has 3 aromatic rings. The van der Waals surface area contributed by atoms with Crippen LogP contribution in [-0.2, 0) is 6.18 Å². The van der Waals surface area contributed by atoms with E-state index in [-0.39, 0.29) is 17.4 Å². The van der Waals surface area contributed by atoms with E-state index in [4.69, 9.17) is 0 Å². The van der Waals surface area contributed by atoms with E-state index in [0.29, 0.717) is 17.5 Å². The van der Waals surface area contributed by atoms with Crippen LogP contribution in [0.5, 0.6) is 0 Å². The quantitative estimate of drug-likeness (QED) is 0.744. The van der Waals surface area contributed by atoms with Gasteiger partial charge in [0.05, 0.1) is 16.7 Å². The fraction of sp³-hybridized carbons (Fsp3) is 0.357. The molecule has 6 heteroatoms. The van der Waals surface area contributed by atoms with Crippen LogP contribution in [0.3, 0.4) is 0 Å². The normalized spacial score (nSPS) is 14.2. The molecule has 3 nitrogen and oxygen atoms in total. The Hall–Kier alpha value is -1.98. The van der Waals surface area contributed by atoms with E-state index < -0.39 is 11.9 Å². The van der Waals surface area contributed by atoms with Gasteiger partial charge >= 0.3 is 6.18 Å². The fourth-order valence-corrected chi connectivity index (χ4v) is 2.46. The van der Waals surface area contributed by atoms with Crippen molar-refractivity contribution in [2.75, 3.05) is 0 Å². The van der Waals surface area contributed by atoms with Gasteiger partial charge in [-0.25, -0.2) is 4.98 Å². The van der Waals surface area contributed by atoms with Crippen molar-refractivity contribution in [3.63, 3.8) is 0 Å². The number of H-pyrrole nitrogens is 1. The molecule has 1 N–H and O–H groups in total. The lowest BCUT2D eigenvalue weighted by molar-refractivity contribution is -0.142. The van der Waals surface area contributed by atoms with E-state index in [1.54, 1.807) is 31.2 Å². The van der Waals surface area contributed by atoms with E-state index in [9.17, 15) is 13.2 Å². The van der Waals surface area contributed by atoms with Gasteiger partial charge in [-0.05, 0) is 18.6 Å². The SMILES string of the molecule is CCC(C)c1nc2[nH]c3ccccc3n2c1C(F)(F)F. The van der Waals surface area contributed by atoms with Crippen LogP contribution in [0.1, 0.15) is 37.6 Å². The molecule has 1 atom stereocenters. The number of nitrogens with one attached hydrogen (secondary N) is 1. The highest BCUT2D eigenvalue weighted by Gasteiger charge is 2.40. The highest BCUT2D eigenvalue weighted by Crippen LogP contribution is 2.38. The van der Waals surface area contributed by atoms with Gasteiger partial charge < -0.3 is 4.98 Å². The van der Waals surface area contributed by atoms with Gasteiger partial charge in [0, 0.05) is 5.92 Å². The second kappa shape index (κ2) is 4.26. The number of imidazole rings is 2. The molecule has 0 bridgehead atoms. The summed E-state index contributed by atoms with van der Waals surface area (Å²) in [7, 11) is 0. The molecule has 0 saturated carbocycles. The average molecular weight is 281 g/mol. The van der Waals surface area contributed by atoms with Crippen LogP contribution in [0.2, 0.25) is 0 Å². The smallest absolute Gasteiger partial charge is 0.323 e. The molecule has 0 amide bonds. The number of para-hydroxylation sites is 2. The van der Waals surface area contributed by atoms with Crippen LogP contribution < -0.4 is 0 Å². The molecule has 3 rings (SSSR count). The molecule has 20 heavy (non-hydrogen) atoms. The summed E-state index contributed by atoms with van der Waals surface area (Å²) in [6.45, 7) is 3.62. The third-order valence-corrected chi connectivity index (χ3v) is 3.64. The van der Waals surface area contributed by atoms with Crippen LogP contribution in [-0.4, -0.2) is 14.4 Å². The number of hydrogen-bond donors (Lipinski definition) is 1. The number of aromatic nitrogens is 3. The summed E-state index contributed by atoms with van der Waals surface area (Å²) in [5.41, 5.74) is 0.587. The Morgan fingerprint density at radius 2 is 2.00 bits per heavy atom. The Morgan fingerprint density at radius 3 is 2.65 bits per heavy atom. The van der Waals surface area contributed by atoms with Gasteiger partial charge in [-0.3, -0.25) is 4.40 Å². The summed E-state index contributed by atoms with van der Waals surface area (Å²) in [5.74, 6) is 0.00696. The van der Waals surface area contributed by atoms with Crippen molar-refractivity contribution < 1.29 is 13.2 Å². The Balaban J connectivity index is 2.43. The van der Waals surface area contributed by atoms with E-state index >= 15 is 0 Å². The number of fused-ring (bicyclic) bond motifs is 3. The van der Waals surface area contributed by atoms with Crippen molar-refractivity contribution in [3.8, 4) is 0 Å². The first-order valence-corrected chi connectivity index (χ1v) is 6.49. The molecule has 0 aliphatic heterocycles. The summed E-state index contributed by atoms with van der Waals surface area (Å²) in [5, 5.41) is 0. The number of nitrogens with zero attached hydrogens (tertiary/aromatic N) is 2. The minimum Gasteiger partial charge on any atom is -0.323 e. The van der Waals surface area contributed by atoms with Gasteiger partial charge in [0.2, 0.25) is 5.78 Å². The predicted molar refractivity (Wildman–Crippen MR) is 70.8 cm³/mol. The molecule has 2 heterocycles. The van der Waals surface area contributed by atoms with Crippen LogP contribution in [0.25, 0.3) is 16.8 Å². The van der Waals surface area contributed by atoms with Gasteiger partial charge in [-0.1, -0.05) is 26.0 Å². The molecule has 2 aromatic heterocycles. The molecule has 0 saturated heterocycles. The summed E-state index contributed by atoms with van der Waals surface area (Å²) >= 11 is 0. The molecule has 1 aromatic carbocycles. The highest BCUT2D eigenvalue weighted by molar-refractivity contribution is 5.80. The number of benzene rings is 1. The monoisotopic (exact) mass is 281 g/mol. The molecule has 0 aliphatic rings. The van der Waals surface area contributed by atoms with Crippen molar-refractivity contribution in [3.05, 3.63) is 35.7 Å². The van der Waals surface area contributed by atoms with Crippen LogP contribution >= 0.6 is 0 Å². The lowest BCUT2D eigenvalue weighted by atomic mass is 10.0. The number of rotatable bonds is 2. The van der Waals surface area contributed by atoms with Gasteiger partial charge in [-0.15, -0.1) is 0 Å². The van der Waals surface area contributed by atoms with Crippen molar-refractivity contribution in [1.29, 1.82) is 0 Å². The number of halogens is 3. The largest absolute Gasteiger partial charge is 0.433 e. The lowest BCUT2D eigenvalue weighted by Crippen LogP contribution is -2.13. The zero-order valence-corrected chi connectivity index (χ0v) is 11.1. The fourth-order valence-electron chi connectivity index (χ4n) is 2.46. The number of alkyl halides is 3. The number of aromatic amines is 1. The molecular formula is C14H14F3N3. The molecule has 0 aliphatic carbocycles. The zero-order valence-electron chi connectivity index (χ0n) is 11.1. The van der Waals surface area contributed by atoms with Crippen molar-refractivity contribution in [2.24, 2.45) is 0 Å². The third-order valence-electron chi connectivity index (χ3n) is 3.64. The first-order valence-electron chi connectivity index (χ1n) is 6.49. The van der Waals surface area contributed by atoms with Gasteiger partial charge in [-0.2, -0.15) is 13.2 Å². The Labute approximate surface area is 113 Å². The molecule has 0 fully saturated rings. The van der Waals surface area contributed by atoms with E-state index in [1.807, 2.05) is 6.92 Å². The van der Waals surface area contributed by atoms with E-state index in [1.165, 1.54) is 4.40 Å². The van der Waals surface area contributed by atoms with Gasteiger partial charge in [0.15, 0.2) is 5.69 Å². The maximum Gasteiger partial charge on any atom is 0.433 e. The molecule has 0 spiro atoms. The Bertz CT molecular complexity index is 767. The lowest BCUT2D eigenvalue weighted by Gasteiger charge is -2.12. The van der Waals surface area contributed by atoms with E-state index in [0.717, 1.165) is 0 Å². The first-order chi connectivity index (χ1) is 9.43. The molecular weight excluding hydrogens is 267 g/mol. The minimum atomic E-state index is -4.43. The Kier molecular flexibility index (Phi) is 2.77. The summed E-state index contributed by atoms with van der Waals surface area (Å²) in [6.07, 6.45) is -3.82. The van der Waals surface area contributed by atoms with E-state index in [2.05, 4.69) is 9.97 Å². The second-order valence-electron chi connectivity index (χ2n) is 4.95. The van der Waals surface area contributed by atoms with Crippen LogP contribution in [0, 0.1) is 0 Å². The Morgan fingerprint density at radius 1 is 1.30 bits per heavy atom. The van der Waals surface area contributed by atoms with Crippen molar-refractivity contribution in [2.45, 2.75) is 32.4 Å². The summed E-state index contributed by atoms with van der Waals surface area (Å²) in [6, 6.07) is 6.91. The molecule has 106 valence electrons. The molecule has 0 radical (unpaired) electrons. The second-order valence-corrected chi connectivity index (χ2v) is 4.95. The summed E-state index contributed by atoms with van der Waals surface area (Å²) in [4.78, 5) is 7.12. The van der Waals surface area contributed by atoms with Crippen molar-refractivity contribution in [1.82, 2.24) is 14.4 Å².